The van der Waals surface area contributed by atoms with Gasteiger partial charge in [0.05, 0.1) is 6.10 Å². The average Bonchev–Trinajstić information content (AvgIpc) is 2.85. The Labute approximate surface area is 108 Å². The Hall–Kier alpha value is -0.510. The van der Waals surface area contributed by atoms with Crippen molar-refractivity contribution in [2.24, 2.45) is 0 Å². The van der Waals surface area contributed by atoms with Crippen LogP contribution in [0.1, 0.15) is 24.8 Å². The van der Waals surface area contributed by atoms with Crippen molar-refractivity contribution < 1.29 is 4.74 Å². The van der Waals surface area contributed by atoms with Crippen LogP contribution in [0.3, 0.4) is 0 Å². The van der Waals surface area contributed by atoms with Crippen molar-refractivity contribution in [3.63, 3.8) is 0 Å². The molecule has 2 rings (SSSR count). The van der Waals surface area contributed by atoms with Gasteiger partial charge in [0.2, 0.25) is 0 Å². The summed E-state index contributed by atoms with van der Waals surface area (Å²) in [6, 6.07) is 8.83. The topological polar surface area (TPSA) is 21.3 Å². The lowest BCUT2D eigenvalue weighted by atomic mass is 10.2. The van der Waals surface area contributed by atoms with Crippen LogP contribution in [0.4, 0.5) is 0 Å². The highest BCUT2D eigenvalue weighted by atomic mass is 32.2. The highest BCUT2D eigenvalue weighted by Gasteiger charge is 2.14. The fraction of sp³-hybridized carbons (Fsp3) is 0.571. The lowest BCUT2D eigenvalue weighted by Crippen LogP contribution is -2.05. The maximum Gasteiger partial charge on any atom is 0.0584 e. The molecule has 1 unspecified atom stereocenters. The second kappa shape index (κ2) is 7.04. The van der Waals surface area contributed by atoms with Gasteiger partial charge in [-0.2, -0.15) is 0 Å². The third-order valence-corrected chi connectivity index (χ3v) is 4.08. The van der Waals surface area contributed by atoms with E-state index in [-0.39, 0.29) is 0 Å². The third kappa shape index (κ3) is 4.34. The minimum Gasteiger partial charge on any atom is -0.378 e. The van der Waals surface area contributed by atoms with Crippen LogP contribution in [0.15, 0.2) is 29.2 Å². The van der Waals surface area contributed by atoms with Crippen LogP contribution in [0.5, 0.6) is 0 Å². The average molecular weight is 251 g/mol. The summed E-state index contributed by atoms with van der Waals surface area (Å²) < 4.78 is 5.62. The van der Waals surface area contributed by atoms with Crippen LogP contribution in [-0.4, -0.2) is 25.5 Å². The quantitative estimate of drug-likeness (QED) is 0.785. The molecule has 1 fully saturated rings. The molecular weight excluding hydrogens is 230 g/mol. The van der Waals surface area contributed by atoms with Crippen molar-refractivity contribution in [3.05, 3.63) is 29.8 Å². The van der Waals surface area contributed by atoms with Crippen LogP contribution >= 0.6 is 11.8 Å². The van der Waals surface area contributed by atoms with Gasteiger partial charge < -0.3 is 10.1 Å². The zero-order chi connectivity index (χ0) is 11.9. The van der Waals surface area contributed by atoms with Crippen molar-refractivity contribution in [3.8, 4) is 0 Å². The van der Waals surface area contributed by atoms with Crippen molar-refractivity contribution in [1.29, 1.82) is 0 Å². The smallest absolute Gasteiger partial charge is 0.0584 e. The van der Waals surface area contributed by atoms with Gasteiger partial charge in [0.1, 0.15) is 0 Å². The predicted octanol–water partition coefficient (Wildman–Crippen LogP) is 3.07. The summed E-state index contributed by atoms with van der Waals surface area (Å²) >= 11 is 1.93. The molecule has 1 saturated heterocycles. The van der Waals surface area contributed by atoms with Crippen molar-refractivity contribution in [1.82, 2.24) is 5.32 Å². The number of hydrogen-bond donors (Lipinski definition) is 1. The molecule has 94 valence electrons. The van der Waals surface area contributed by atoms with E-state index in [4.69, 9.17) is 4.74 Å². The van der Waals surface area contributed by atoms with Crippen molar-refractivity contribution in [2.45, 2.75) is 36.8 Å². The third-order valence-electron chi connectivity index (χ3n) is 3.04. The van der Waals surface area contributed by atoms with Gasteiger partial charge in [-0.1, -0.05) is 12.1 Å². The fourth-order valence-electron chi connectivity index (χ4n) is 2.09. The number of nitrogens with one attached hydrogen (secondary N) is 1. The molecule has 1 heterocycles. The molecule has 0 bridgehead atoms. The summed E-state index contributed by atoms with van der Waals surface area (Å²) in [6.07, 6.45) is 4.20. The van der Waals surface area contributed by atoms with Crippen LogP contribution in [0.2, 0.25) is 0 Å². The molecule has 3 heteroatoms. The van der Waals surface area contributed by atoms with Gasteiger partial charge in [-0.3, -0.25) is 0 Å². The van der Waals surface area contributed by atoms with E-state index in [1.165, 1.54) is 29.7 Å². The summed E-state index contributed by atoms with van der Waals surface area (Å²) in [5.41, 5.74) is 1.34. The maximum absolute atomic E-state index is 5.62. The van der Waals surface area contributed by atoms with Crippen LogP contribution in [0, 0.1) is 0 Å². The molecule has 17 heavy (non-hydrogen) atoms. The van der Waals surface area contributed by atoms with E-state index >= 15 is 0 Å². The molecule has 2 nitrogen and oxygen atoms in total. The van der Waals surface area contributed by atoms with E-state index in [1.807, 2.05) is 18.8 Å². The molecule has 1 aliphatic rings. The number of thioether (sulfide) groups is 1. The molecule has 0 spiro atoms. The van der Waals surface area contributed by atoms with Gasteiger partial charge in [0, 0.05) is 23.8 Å². The number of hydrogen-bond acceptors (Lipinski definition) is 3. The Morgan fingerprint density at radius 2 is 2.18 bits per heavy atom. The SMILES string of the molecule is CNCc1ccc(SCCC2CCCO2)cc1. The maximum atomic E-state index is 5.62. The van der Waals surface area contributed by atoms with Crippen molar-refractivity contribution in [2.75, 3.05) is 19.4 Å². The Morgan fingerprint density at radius 1 is 1.35 bits per heavy atom. The highest BCUT2D eigenvalue weighted by molar-refractivity contribution is 7.99. The standard InChI is InChI=1S/C14H21NOS/c1-15-11-12-4-6-14(7-5-12)17-10-8-13-3-2-9-16-13/h4-7,13,15H,2-3,8-11H2,1H3. The summed E-state index contributed by atoms with van der Waals surface area (Å²) in [7, 11) is 1.98. The van der Waals surface area contributed by atoms with Crippen molar-refractivity contribution >= 4 is 11.8 Å². The van der Waals surface area contributed by atoms with E-state index in [0.29, 0.717) is 6.10 Å². The Balaban J connectivity index is 1.70. The number of benzene rings is 1. The van der Waals surface area contributed by atoms with Gasteiger partial charge in [-0.05, 0) is 44.0 Å². The predicted molar refractivity (Wildman–Crippen MR) is 73.5 cm³/mol. The molecule has 0 amide bonds. The van der Waals surface area contributed by atoms with Gasteiger partial charge in [0.25, 0.3) is 0 Å². The number of rotatable bonds is 6. The second-order valence-corrected chi connectivity index (χ2v) is 5.61. The molecule has 1 atom stereocenters. The molecule has 0 aliphatic carbocycles. The van der Waals surface area contributed by atoms with E-state index in [1.54, 1.807) is 0 Å². The highest BCUT2D eigenvalue weighted by Crippen LogP contribution is 2.23. The van der Waals surface area contributed by atoms with Crippen LogP contribution < -0.4 is 5.32 Å². The lowest BCUT2D eigenvalue weighted by molar-refractivity contribution is 0.109. The minimum atomic E-state index is 0.520. The normalized spacial score (nSPS) is 19.7. The van der Waals surface area contributed by atoms with E-state index in [2.05, 4.69) is 29.6 Å². The van der Waals surface area contributed by atoms with E-state index in [9.17, 15) is 0 Å². The molecule has 0 radical (unpaired) electrons. The summed E-state index contributed by atoms with van der Waals surface area (Å²) in [4.78, 5) is 1.36. The molecule has 1 N–H and O–H groups in total. The van der Waals surface area contributed by atoms with Gasteiger partial charge in [-0.15, -0.1) is 11.8 Å². The first-order valence-corrected chi connectivity index (χ1v) is 7.35. The largest absolute Gasteiger partial charge is 0.378 e. The second-order valence-electron chi connectivity index (χ2n) is 4.45. The fourth-order valence-corrected chi connectivity index (χ4v) is 3.03. The molecule has 0 saturated carbocycles. The monoisotopic (exact) mass is 251 g/mol. The minimum absolute atomic E-state index is 0.520. The zero-order valence-corrected chi connectivity index (χ0v) is 11.3. The first-order valence-electron chi connectivity index (χ1n) is 6.36. The lowest BCUT2D eigenvalue weighted by Gasteiger charge is -2.08. The Kier molecular flexibility index (Phi) is 5.36. The summed E-state index contributed by atoms with van der Waals surface area (Å²) in [5.74, 6) is 1.16. The Morgan fingerprint density at radius 3 is 2.82 bits per heavy atom. The van der Waals surface area contributed by atoms with E-state index in [0.717, 1.165) is 18.9 Å². The first-order chi connectivity index (χ1) is 8.38. The van der Waals surface area contributed by atoms with Gasteiger partial charge >= 0.3 is 0 Å². The molecule has 0 aromatic heterocycles. The van der Waals surface area contributed by atoms with Gasteiger partial charge in [0.15, 0.2) is 0 Å². The molecule has 1 aromatic carbocycles. The molecule has 1 aromatic rings. The molecular formula is C14H21NOS. The number of ether oxygens (including phenoxy) is 1. The summed E-state index contributed by atoms with van der Waals surface area (Å²) in [5, 5.41) is 3.16. The summed E-state index contributed by atoms with van der Waals surface area (Å²) in [6.45, 7) is 1.91. The van der Waals surface area contributed by atoms with Crippen LogP contribution in [0.25, 0.3) is 0 Å². The van der Waals surface area contributed by atoms with E-state index < -0.39 is 0 Å². The Bertz CT molecular complexity index is 319. The zero-order valence-electron chi connectivity index (χ0n) is 10.4. The van der Waals surface area contributed by atoms with Crippen LogP contribution in [-0.2, 0) is 11.3 Å². The van der Waals surface area contributed by atoms with Gasteiger partial charge in [-0.25, -0.2) is 0 Å². The first kappa shape index (κ1) is 12.9. The molecule has 1 aliphatic heterocycles.